The molecule has 0 aliphatic heterocycles. The number of nitrogens with two attached hydrogens (primary N) is 1. The number of hydrogen-bond acceptors (Lipinski definition) is 6. The van der Waals surface area contributed by atoms with Crippen LogP contribution in [0.2, 0.25) is 4.34 Å². The quantitative estimate of drug-likeness (QED) is 0.303. The molecule has 0 saturated heterocycles. The average Bonchev–Trinajstić information content (AvgIpc) is 3.38. The largest absolute Gasteiger partial charge is 0.573 e. The first kappa shape index (κ1) is 25.5. The summed E-state index contributed by atoms with van der Waals surface area (Å²) in [6, 6.07) is 15.3. The molecule has 0 amide bonds. The monoisotopic (exact) mass is 559 g/mol. The number of thiazole rings is 1. The van der Waals surface area contributed by atoms with E-state index in [0.29, 0.717) is 27.8 Å². The SMILES string of the molecule is NS(=O)(=O)c1ccc(CCn2c(-c3ccc(Cl)s3)csc2=Nc2ccc(OC(F)(F)F)cc2)cc1. The highest BCUT2D eigenvalue weighted by molar-refractivity contribution is 7.89. The van der Waals surface area contributed by atoms with Crippen LogP contribution in [-0.2, 0) is 23.0 Å². The molecule has 0 saturated carbocycles. The van der Waals surface area contributed by atoms with E-state index in [-0.39, 0.29) is 10.6 Å². The third-order valence-electron chi connectivity index (χ3n) is 4.79. The molecule has 0 aliphatic rings. The van der Waals surface area contributed by atoms with E-state index in [1.807, 2.05) is 16.0 Å². The minimum Gasteiger partial charge on any atom is -0.406 e. The molecule has 0 fully saturated rings. The molecular weight excluding hydrogens is 543 g/mol. The van der Waals surface area contributed by atoms with E-state index < -0.39 is 16.4 Å². The van der Waals surface area contributed by atoms with Crippen molar-refractivity contribution in [2.45, 2.75) is 24.2 Å². The van der Waals surface area contributed by atoms with Crippen molar-refractivity contribution in [2.24, 2.45) is 10.1 Å². The summed E-state index contributed by atoms with van der Waals surface area (Å²) in [5.41, 5.74) is 2.25. The molecule has 0 atom stereocenters. The highest BCUT2D eigenvalue weighted by Crippen LogP contribution is 2.32. The van der Waals surface area contributed by atoms with Crippen LogP contribution in [0.3, 0.4) is 0 Å². The zero-order chi connectivity index (χ0) is 25.2. The average molecular weight is 560 g/mol. The van der Waals surface area contributed by atoms with Crippen LogP contribution in [-0.4, -0.2) is 19.3 Å². The van der Waals surface area contributed by atoms with Gasteiger partial charge < -0.3 is 9.30 Å². The first-order chi connectivity index (χ1) is 16.5. The number of halogens is 4. The van der Waals surface area contributed by atoms with E-state index in [4.69, 9.17) is 16.7 Å². The van der Waals surface area contributed by atoms with Gasteiger partial charge in [-0.1, -0.05) is 23.7 Å². The van der Waals surface area contributed by atoms with Crippen LogP contribution in [0.4, 0.5) is 18.9 Å². The minimum absolute atomic E-state index is 0.0343. The number of ether oxygens (including phenoxy) is 1. The molecule has 0 unspecified atom stereocenters. The van der Waals surface area contributed by atoms with Crippen LogP contribution in [0.5, 0.6) is 5.75 Å². The third-order valence-corrected chi connectivity index (χ3v) is 7.84. The third kappa shape index (κ3) is 6.73. The second-order valence-corrected chi connectivity index (χ2v) is 11.4. The summed E-state index contributed by atoms with van der Waals surface area (Å²) in [6.07, 6.45) is -4.20. The summed E-state index contributed by atoms with van der Waals surface area (Å²) in [7, 11) is -3.77. The number of aromatic nitrogens is 1. The fraction of sp³-hybridized carbons (Fsp3) is 0.136. The highest BCUT2D eigenvalue weighted by Gasteiger charge is 2.30. The van der Waals surface area contributed by atoms with Crippen molar-refractivity contribution in [3.63, 3.8) is 0 Å². The number of alkyl halides is 3. The van der Waals surface area contributed by atoms with Crippen molar-refractivity contribution >= 4 is 50.0 Å². The van der Waals surface area contributed by atoms with Gasteiger partial charge in [-0.25, -0.2) is 18.5 Å². The molecular formula is C22H17ClF3N3O3S3. The predicted molar refractivity (Wildman–Crippen MR) is 130 cm³/mol. The Balaban J connectivity index is 1.65. The van der Waals surface area contributed by atoms with Crippen molar-refractivity contribution in [1.29, 1.82) is 0 Å². The number of hydrogen-bond donors (Lipinski definition) is 1. The molecule has 184 valence electrons. The van der Waals surface area contributed by atoms with Crippen LogP contribution in [0.15, 0.2) is 75.9 Å². The van der Waals surface area contributed by atoms with Gasteiger partial charge in [-0.15, -0.1) is 35.8 Å². The fourth-order valence-corrected chi connectivity index (χ4v) is 5.81. The lowest BCUT2D eigenvalue weighted by molar-refractivity contribution is -0.274. The van der Waals surface area contributed by atoms with Gasteiger partial charge in [0.05, 0.1) is 25.5 Å². The summed E-state index contributed by atoms with van der Waals surface area (Å²) < 4.78 is 66.8. The van der Waals surface area contributed by atoms with Gasteiger partial charge in [-0.2, -0.15) is 0 Å². The summed E-state index contributed by atoms with van der Waals surface area (Å²) in [6.45, 7) is 0.511. The molecule has 0 aliphatic carbocycles. The van der Waals surface area contributed by atoms with Gasteiger partial charge in [0.1, 0.15) is 5.75 Å². The van der Waals surface area contributed by atoms with E-state index in [2.05, 4.69) is 9.73 Å². The standard InChI is InChI=1S/C22H17ClF3N3O3S3/c23-20-10-9-19(34-20)18-13-33-21(28-15-3-5-16(6-4-15)32-22(24,25)26)29(18)12-11-14-1-7-17(8-2-14)35(27,30)31/h1-10,13H,11-12H2,(H2,27,30,31). The van der Waals surface area contributed by atoms with Crippen LogP contribution in [0.25, 0.3) is 10.6 Å². The molecule has 4 rings (SSSR count). The molecule has 2 aromatic carbocycles. The smallest absolute Gasteiger partial charge is 0.406 e. The van der Waals surface area contributed by atoms with Gasteiger partial charge in [-0.3, -0.25) is 0 Å². The van der Waals surface area contributed by atoms with Gasteiger partial charge >= 0.3 is 6.36 Å². The number of sulfonamides is 1. The Hall–Kier alpha value is -2.64. The van der Waals surface area contributed by atoms with E-state index in [9.17, 15) is 21.6 Å². The zero-order valence-electron chi connectivity index (χ0n) is 17.7. The maximum absolute atomic E-state index is 12.4. The van der Waals surface area contributed by atoms with Gasteiger partial charge in [0.2, 0.25) is 10.0 Å². The molecule has 2 heterocycles. The number of rotatable bonds is 7. The second-order valence-electron chi connectivity index (χ2n) is 7.25. The first-order valence-electron chi connectivity index (χ1n) is 9.94. The van der Waals surface area contributed by atoms with Gasteiger partial charge in [0, 0.05) is 11.9 Å². The van der Waals surface area contributed by atoms with Crippen molar-refractivity contribution in [2.75, 3.05) is 0 Å². The molecule has 13 heteroatoms. The lowest BCUT2D eigenvalue weighted by Crippen LogP contribution is -2.17. The predicted octanol–water partition coefficient (Wildman–Crippen LogP) is 5.95. The maximum atomic E-state index is 12.4. The van der Waals surface area contributed by atoms with Gasteiger partial charge in [0.15, 0.2) is 4.80 Å². The van der Waals surface area contributed by atoms with Crippen LogP contribution in [0.1, 0.15) is 5.56 Å². The molecule has 2 aromatic heterocycles. The van der Waals surface area contributed by atoms with E-state index in [0.717, 1.165) is 16.1 Å². The first-order valence-corrected chi connectivity index (χ1v) is 13.6. The Bertz CT molecular complexity index is 1490. The van der Waals surface area contributed by atoms with Gasteiger partial charge in [0.25, 0.3) is 0 Å². The molecule has 0 spiro atoms. The van der Waals surface area contributed by atoms with Crippen LogP contribution >= 0.6 is 34.3 Å². The Morgan fingerprint density at radius 3 is 2.29 bits per heavy atom. The number of thiophene rings is 1. The fourth-order valence-electron chi connectivity index (χ4n) is 3.20. The zero-order valence-corrected chi connectivity index (χ0v) is 20.9. The van der Waals surface area contributed by atoms with E-state index in [1.54, 1.807) is 18.2 Å². The van der Waals surface area contributed by atoms with Crippen molar-refractivity contribution < 1.29 is 26.3 Å². The molecule has 4 aromatic rings. The van der Waals surface area contributed by atoms with Crippen molar-refractivity contribution in [3.05, 3.63) is 80.7 Å². The van der Waals surface area contributed by atoms with E-state index >= 15 is 0 Å². The second kappa shape index (κ2) is 10.2. The van der Waals surface area contributed by atoms with Crippen LogP contribution in [0, 0.1) is 0 Å². The van der Waals surface area contributed by atoms with Crippen LogP contribution < -0.4 is 14.7 Å². The Labute approximate surface area is 211 Å². The summed E-state index contributed by atoms with van der Waals surface area (Å²) in [5, 5.41) is 7.10. The summed E-state index contributed by atoms with van der Waals surface area (Å²) >= 11 is 8.92. The molecule has 6 nitrogen and oxygen atoms in total. The molecule has 35 heavy (non-hydrogen) atoms. The molecule has 2 N–H and O–H groups in total. The molecule has 0 radical (unpaired) electrons. The Morgan fingerprint density at radius 1 is 1.03 bits per heavy atom. The normalized spacial score (nSPS) is 12.8. The number of aryl methyl sites for hydroxylation is 1. The number of nitrogens with zero attached hydrogens (tertiary/aromatic N) is 2. The minimum atomic E-state index is -4.77. The highest BCUT2D eigenvalue weighted by atomic mass is 35.5. The Kier molecular flexibility index (Phi) is 7.38. The Morgan fingerprint density at radius 2 is 1.71 bits per heavy atom. The van der Waals surface area contributed by atoms with E-state index in [1.165, 1.54) is 59.1 Å². The lowest BCUT2D eigenvalue weighted by Gasteiger charge is -2.09. The molecule has 0 bridgehead atoms. The summed E-state index contributed by atoms with van der Waals surface area (Å²) in [5.74, 6) is -0.327. The number of primary sulfonamides is 1. The lowest BCUT2D eigenvalue weighted by atomic mass is 10.1. The van der Waals surface area contributed by atoms with Crippen molar-refractivity contribution in [3.8, 4) is 16.3 Å². The summed E-state index contributed by atoms with van der Waals surface area (Å²) in [4.78, 5) is 6.22. The van der Waals surface area contributed by atoms with Crippen molar-refractivity contribution in [1.82, 2.24) is 4.57 Å². The number of benzene rings is 2. The van der Waals surface area contributed by atoms with Gasteiger partial charge in [-0.05, 0) is 60.5 Å². The maximum Gasteiger partial charge on any atom is 0.573 e. The topological polar surface area (TPSA) is 86.7 Å².